The molecule has 0 aromatic heterocycles. The molecule has 2 heteroatoms. The standard InChI is InChI=1S/C12H20O2/c1-3-6-12(13-2)7-4-11-10(9-12)5-8-14-11/h3,10-11H,1,4-9H2,2H3/t10-,11-,12+/m0/s1. The van der Waals surface area contributed by atoms with E-state index < -0.39 is 0 Å². The van der Waals surface area contributed by atoms with Crippen molar-refractivity contribution >= 4 is 0 Å². The van der Waals surface area contributed by atoms with E-state index in [-0.39, 0.29) is 5.60 Å². The maximum absolute atomic E-state index is 5.70. The molecule has 1 saturated heterocycles. The molecule has 14 heavy (non-hydrogen) atoms. The van der Waals surface area contributed by atoms with Crippen molar-refractivity contribution in [3.05, 3.63) is 12.7 Å². The van der Waals surface area contributed by atoms with Crippen LogP contribution in [0.25, 0.3) is 0 Å². The van der Waals surface area contributed by atoms with E-state index in [2.05, 4.69) is 6.58 Å². The smallest absolute Gasteiger partial charge is 0.0717 e. The van der Waals surface area contributed by atoms with Gasteiger partial charge in [0.05, 0.1) is 11.7 Å². The van der Waals surface area contributed by atoms with Gasteiger partial charge in [-0.05, 0) is 38.0 Å². The lowest BCUT2D eigenvalue weighted by molar-refractivity contribution is -0.0771. The number of hydrogen-bond acceptors (Lipinski definition) is 2. The normalized spacial score (nSPS) is 42.1. The summed E-state index contributed by atoms with van der Waals surface area (Å²) in [5, 5.41) is 0. The van der Waals surface area contributed by atoms with Crippen molar-refractivity contribution in [2.45, 2.75) is 43.8 Å². The minimum Gasteiger partial charge on any atom is -0.378 e. The Balaban J connectivity index is 2.03. The van der Waals surface area contributed by atoms with Gasteiger partial charge in [-0.25, -0.2) is 0 Å². The Kier molecular flexibility index (Phi) is 2.93. The fraction of sp³-hybridized carbons (Fsp3) is 0.833. The molecule has 3 atom stereocenters. The number of ether oxygens (including phenoxy) is 2. The van der Waals surface area contributed by atoms with Gasteiger partial charge in [0.25, 0.3) is 0 Å². The van der Waals surface area contributed by atoms with E-state index in [0.717, 1.165) is 38.2 Å². The number of fused-ring (bicyclic) bond motifs is 1. The third-order valence-corrected chi connectivity index (χ3v) is 3.81. The Morgan fingerprint density at radius 2 is 2.43 bits per heavy atom. The SMILES string of the molecule is C=CC[C@@]1(OC)CC[C@@H]2OCC[C@H]2C1. The zero-order chi connectivity index (χ0) is 10.0. The van der Waals surface area contributed by atoms with Crippen molar-refractivity contribution in [3.63, 3.8) is 0 Å². The summed E-state index contributed by atoms with van der Waals surface area (Å²) in [6.07, 6.45) is 8.13. The molecule has 2 fully saturated rings. The maximum Gasteiger partial charge on any atom is 0.0717 e. The van der Waals surface area contributed by atoms with Gasteiger partial charge in [-0.1, -0.05) is 6.08 Å². The molecule has 1 aliphatic carbocycles. The summed E-state index contributed by atoms with van der Waals surface area (Å²) in [5.74, 6) is 0.726. The van der Waals surface area contributed by atoms with Crippen LogP contribution in [0.3, 0.4) is 0 Å². The second-order valence-corrected chi connectivity index (χ2v) is 4.58. The lowest BCUT2D eigenvalue weighted by Gasteiger charge is -2.40. The molecule has 0 radical (unpaired) electrons. The first kappa shape index (κ1) is 10.2. The van der Waals surface area contributed by atoms with Crippen molar-refractivity contribution in [2.75, 3.05) is 13.7 Å². The second-order valence-electron chi connectivity index (χ2n) is 4.58. The van der Waals surface area contributed by atoms with Gasteiger partial charge in [-0.3, -0.25) is 0 Å². The fourth-order valence-corrected chi connectivity index (χ4v) is 2.95. The highest BCUT2D eigenvalue weighted by Crippen LogP contribution is 2.42. The largest absolute Gasteiger partial charge is 0.378 e. The highest BCUT2D eigenvalue weighted by atomic mass is 16.5. The predicted octanol–water partition coefficient (Wildman–Crippen LogP) is 2.54. The van der Waals surface area contributed by atoms with Crippen LogP contribution in [0.1, 0.15) is 32.1 Å². The summed E-state index contributed by atoms with van der Waals surface area (Å²) in [5.41, 5.74) is 0.0661. The van der Waals surface area contributed by atoms with Crippen LogP contribution in [0.5, 0.6) is 0 Å². The van der Waals surface area contributed by atoms with Gasteiger partial charge in [0.1, 0.15) is 0 Å². The quantitative estimate of drug-likeness (QED) is 0.646. The maximum atomic E-state index is 5.70. The Labute approximate surface area is 86.3 Å². The van der Waals surface area contributed by atoms with Crippen molar-refractivity contribution in [1.82, 2.24) is 0 Å². The highest BCUT2D eigenvalue weighted by Gasteiger charge is 2.42. The van der Waals surface area contributed by atoms with Crippen molar-refractivity contribution in [2.24, 2.45) is 5.92 Å². The molecule has 2 nitrogen and oxygen atoms in total. The Hall–Kier alpha value is -0.340. The fourth-order valence-electron chi connectivity index (χ4n) is 2.95. The average Bonchev–Trinajstić information content (AvgIpc) is 2.65. The van der Waals surface area contributed by atoms with Crippen molar-refractivity contribution in [3.8, 4) is 0 Å². The summed E-state index contributed by atoms with van der Waals surface area (Å²) < 4.78 is 11.4. The van der Waals surface area contributed by atoms with Crippen LogP contribution in [0.15, 0.2) is 12.7 Å². The topological polar surface area (TPSA) is 18.5 Å². The van der Waals surface area contributed by atoms with Crippen LogP contribution in [-0.4, -0.2) is 25.4 Å². The van der Waals surface area contributed by atoms with E-state index in [9.17, 15) is 0 Å². The van der Waals surface area contributed by atoms with E-state index in [1.165, 1.54) is 6.42 Å². The minimum atomic E-state index is 0.0661. The highest BCUT2D eigenvalue weighted by molar-refractivity contribution is 4.97. The van der Waals surface area contributed by atoms with Gasteiger partial charge in [-0.2, -0.15) is 0 Å². The van der Waals surface area contributed by atoms with Gasteiger partial charge >= 0.3 is 0 Å². The average molecular weight is 196 g/mol. The molecule has 0 spiro atoms. The van der Waals surface area contributed by atoms with Crippen molar-refractivity contribution in [1.29, 1.82) is 0 Å². The minimum absolute atomic E-state index is 0.0661. The summed E-state index contributed by atoms with van der Waals surface area (Å²) in [7, 11) is 1.83. The Morgan fingerprint density at radius 3 is 3.14 bits per heavy atom. The van der Waals surface area contributed by atoms with Crippen LogP contribution in [0.4, 0.5) is 0 Å². The van der Waals surface area contributed by atoms with Crippen molar-refractivity contribution < 1.29 is 9.47 Å². The molecule has 1 saturated carbocycles. The number of methoxy groups -OCH3 is 1. The van der Waals surface area contributed by atoms with Crippen LogP contribution in [0.2, 0.25) is 0 Å². The Bertz CT molecular complexity index is 214. The van der Waals surface area contributed by atoms with E-state index in [1.807, 2.05) is 13.2 Å². The summed E-state index contributed by atoms with van der Waals surface area (Å²) >= 11 is 0. The molecule has 2 aliphatic rings. The van der Waals surface area contributed by atoms with Crippen LogP contribution < -0.4 is 0 Å². The zero-order valence-corrected chi connectivity index (χ0v) is 9.00. The summed E-state index contributed by atoms with van der Waals surface area (Å²) in [6.45, 7) is 4.77. The third kappa shape index (κ3) is 1.73. The molecule has 0 aromatic carbocycles. The summed E-state index contributed by atoms with van der Waals surface area (Å²) in [6, 6.07) is 0. The van der Waals surface area contributed by atoms with E-state index in [1.54, 1.807) is 0 Å². The molecular formula is C12H20O2. The number of hydrogen-bond donors (Lipinski definition) is 0. The van der Waals surface area contributed by atoms with Crippen LogP contribution >= 0.6 is 0 Å². The van der Waals surface area contributed by atoms with Gasteiger partial charge in [-0.15, -0.1) is 6.58 Å². The lowest BCUT2D eigenvalue weighted by atomic mass is 9.74. The first-order chi connectivity index (χ1) is 6.79. The Morgan fingerprint density at radius 1 is 1.57 bits per heavy atom. The van der Waals surface area contributed by atoms with Gasteiger partial charge in [0.2, 0.25) is 0 Å². The van der Waals surface area contributed by atoms with Crippen LogP contribution in [-0.2, 0) is 9.47 Å². The molecule has 1 heterocycles. The first-order valence-electron chi connectivity index (χ1n) is 5.57. The van der Waals surface area contributed by atoms with E-state index in [4.69, 9.17) is 9.47 Å². The molecule has 80 valence electrons. The molecular weight excluding hydrogens is 176 g/mol. The molecule has 2 rings (SSSR count). The molecule has 0 unspecified atom stereocenters. The molecule has 0 amide bonds. The van der Waals surface area contributed by atoms with Crippen LogP contribution in [0, 0.1) is 5.92 Å². The second kappa shape index (κ2) is 4.03. The molecule has 0 bridgehead atoms. The monoisotopic (exact) mass is 196 g/mol. The first-order valence-corrected chi connectivity index (χ1v) is 5.57. The molecule has 1 aliphatic heterocycles. The zero-order valence-electron chi connectivity index (χ0n) is 9.00. The predicted molar refractivity (Wildman–Crippen MR) is 56.3 cm³/mol. The van der Waals surface area contributed by atoms with E-state index >= 15 is 0 Å². The summed E-state index contributed by atoms with van der Waals surface area (Å²) in [4.78, 5) is 0. The van der Waals surface area contributed by atoms with Gasteiger partial charge in [0, 0.05) is 13.7 Å². The van der Waals surface area contributed by atoms with Gasteiger partial charge in [0.15, 0.2) is 0 Å². The third-order valence-electron chi connectivity index (χ3n) is 3.81. The number of rotatable bonds is 3. The van der Waals surface area contributed by atoms with E-state index in [0.29, 0.717) is 6.10 Å². The molecule has 0 N–H and O–H groups in total. The lowest BCUT2D eigenvalue weighted by Crippen LogP contribution is -2.41. The molecule has 0 aromatic rings. The van der Waals surface area contributed by atoms with Gasteiger partial charge < -0.3 is 9.47 Å².